The molecule has 1 spiro atoms. The minimum atomic E-state index is -4.43. The van der Waals surface area contributed by atoms with E-state index in [0.717, 1.165) is 11.6 Å². The molecule has 2 unspecified atom stereocenters. The lowest BCUT2D eigenvalue weighted by molar-refractivity contribution is -0.137. The van der Waals surface area contributed by atoms with Gasteiger partial charge >= 0.3 is 6.18 Å². The van der Waals surface area contributed by atoms with Crippen LogP contribution in [0.5, 0.6) is 5.75 Å². The van der Waals surface area contributed by atoms with Crippen molar-refractivity contribution in [3.05, 3.63) is 101 Å². The van der Waals surface area contributed by atoms with Crippen molar-refractivity contribution < 1.29 is 27.4 Å². The molecule has 0 aliphatic carbocycles. The third kappa shape index (κ3) is 3.53. The van der Waals surface area contributed by atoms with Crippen LogP contribution < -0.4 is 9.64 Å². The highest BCUT2D eigenvalue weighted by molar-refractivity contribution is 6.00. The van der Waals surface area contributed by atoms with Crippen LogP contribution in [0.3, 0.4) is 0 Å². The monoisotopic (exact) mass is 493 g/mol. The number of anilines is 1. The number of fused-ring (bicyclic) bond motifs is 2. The van der Waals surface area contributed by atoms with Crippen molar-refractivity contribution in [2.45, 2.75) is 37.3 Å². The molecular weight excluding hydrogens is 467 g/mol. The number of ketones is 1. The minimum absolute atomic E-state index is 0.175. The van der Waals surface area contributed by atoms with Gasteiger partial charge < -0.3 is 14.4 Å². The van der Waals surface area contributed by atoms with E-state index in [1.807, 2.05) is 68.3 Å². The predicted molar refractivity (Wildman–Crippen MR) is 132 cm³/mol. The smallest absolute Gasteiger partial charge is 0.416 e. The predicted octanol–water partition coefficient (Wildman–Crippen LogP) is 6.81. The second-order valence-corrected chi connectivity index (χ2v) is 9.69. The number of ether oxygens (including phenoxy) is 2. The van der Waals surface area contributed by atoms with E-state index in [1.165, 1.54) is 19.2 Å². The van der Waals surface area contributed by atoms with Crippen LogP contribution in [-0.4, -0.2) is 25.7 Å². The van der Waals surface area contributed by atoms with Crippen LogP contribution in [0.1, 0.15) is 52.6 Å². The molecule has 0 radical (unpaired) electrons. The highest BCUT2D eigenvalue weighted by atomic mass is 19.4. The summed E-state index contributed by atoms with van der Waals surface area (Å²) in [5, 5.41) is 0. The summed E-state index contributed by atoms with van der Waals surface area (Å²) >= 11 is 0. The summed E-state index contributed by atoms with van der Waals surface area (Å²) in [6.07, 6.45) is -1.43. The third-order valence-electron chi connectivity index (χ3n) is 7.38. The number of carbonyl (C=O) groups excluding carboxylic acids is 1. The van der Waals surface area contributed by atoms with E-state index >= 15 is 0 Å². The van der Waals surface area contributed by atoms with Gasteiger partial charge in [-0.1, -0.05) is 30.3 Å². The average Bonchev–Trinajstić information content (AvgIpc) is 3.02. The molecule has 5 rings (SSSR count). The van der Waals surface area contributed by atoms with Crippen molar-refractivity contribution >= 4 is 17.5 Å². The fourth-order valence-corrected chi connectivity index (χ4v) is 5.32. The number of halogens is 3. The molecule has 2 atom stereocenters. The van der Waals surface area contributed by atoms with Crippen LogP contribution in [-0.2, 0) is 16.3 Å². The third-order valence-corrected chi connectivity index (χ3v) is 7.38. The molecule has 0 fully saturated rings. The first-order valence-corrected chi connectivity index (χ1v) is 11.6. The lowest BCUT2D eigenvalue weighted by Crippen LogP contribution is -2.58. The number of methoxy groups -OCH3 is 1. The largest absolute Gasteiger partial charge is 0.463 e. The lowest BCUT2D eigenvalue weighted by atomic mass is 9.76. The molecule has 2 aliphatic rings. The van der Waals surface area contributed by atoms with Crippen molar-refractivity contribution in [3.63, 3.8) is 0 Å². The Bertz CT molecular complexity index is 1360. The number of nitrogens with zero attached hydrogens (tertiary/aromatic N) is 1. The standard InChI is InChI=1S/C29H26F3NO3/c1-27(2)22-17-21(29(30,31)32)11-12-23(22)33(3)28(27)15-14-19-16-20(10-13-24(19)36-28)25(34)26(35-4)18-8-6-5-7-9-18/h5-17,26H,1-4H3. The number of benzene rings is 3. The molecule has 0 amide bonds. The van der Waals surface area contributed by atoms with Gasteiger partial charge in [-0.2, -0.15) is 13.2 Å². The molecule has 2 heterocycles. The van der Waals surface area contributed by atoms with Gasteiger partial charge in [0.1, 0.15) is 11.9 Å². The van der Waals surface area contributed by atoms with Crippen molar-refractivity contribution in [2.75, 3.05) is 19.1 Å². The topological polar surface area (TPSA) is 38.8 Å². The Hall–Kier alpha value is -3.58. The fourth-order valence-electron chi connectivity index (χ4n) is 5.32. The molecule has 3 aromatic carbocycles. The van der Waals surface area contributed by atoms with Gasteiger partial charge in [-0.25, -0.2) is 0 Å². The van der Waals surface area contributed by atoms with Gasteiger partial charge in [0.2, 0.25) is 5.72 Å². The van der Waals surface area contributed by atoms with Crippen molar-refractivity contribution in [1.29, 1.82) is 0 Å². The van der Waals surface area contributed by atoms with Crippen molar-refractivity contribution in [1.82, 2.24) is 0 Å². The molecule has 0 bridgehead atoms. The van der Waals surface area contributed by atoms with Gasteiger partial charge in [-0.05, 0) is 73.5 Å². The van der Waals surface area contributed by atoms with E-state index < -0.39 is 29.0 Å². The molecule has 0 aromatic heterocycles. The average molecular weight is 494 g/mol. The van der Waals surface area contributed by atoms with Crippen LogP contribution in [0.4, 0.5) is 18.9 Å². The summed E-state index contributed by atoms with van der Waals surface area (Å²) in [7, 11) is 3.32. The normalized spacial score (nSPS) is 20.6. The molecule has 2 aliphatic heterocycles. The van der Waals surface area contributed by atoms with Crippen LogP contribution in [0.25, 0.3) is 6.08 Å². The Balaban J connectivity index is 1.49. The molecule has 7 heteroatoms. The molecule has 0 N–H and O–H groups in total. The molecule has 0 saturated heterocycles. The first-order chi connectivity index (χ1) is 17.0. The fraction of sp³-hybridized carbons (Fsp3) is 0.276. The number of alkyl halides is 3. The summed E-state index contributed by atoms with van der Waals surface area (Å²) < 4.78 is 52.3. The SMILES string of the molecule is COC(C(=O)c1ccc2c(c1)C=CC1(O2)N(C)c2ccc(C(F)(F)F)cc2C1(C)C)c1ccccc1. The van der Waals surface area contributed by atoms with E-state index in [-0.39, 0.29) is 5.78 Å². The summed E-state index contributed by atoms with van der Waals surface area (Å²) in [5.41, 5.74) is 0.681. The molecule has 36 heavy (non-hydrogen) atoms. The number of carbonyl (C=O) groups is 1. The first kappa shape index (κ1) is 24.1. The Morgan fingerprint density at radius 3 is 2.42 bits per heavy atom. The van der Waals surface area contributed by atoms with Gasteiger partial charge in [-0.15, -0.1) is 0 Å². The van der Waals surface area contributed by atoms with Gasteiger partial charge in [0.05, 0.1) is 11.0 Å². The minimum Gasteiger partial charge on any atom is -0.463 e. The molecule has 186 valence electrons. The summed E-state index contributed by atoms with van der Waals surface area (Å²) in [4.78, 5) is 15.1. The maximum absolute atomic E-state index is 13.4. The Labute approximate surface area is 208 Å². The molecule has 3 aromatic rings. The number of hydrogen-bond acceptors (Lipinski definition) is 4. The highest BCUT2D eigenvalue weighted by Gasteiger charge is 2.58. The quantitative estimate of drug-likeness (QED) is 0.375. The molecular formula is C29H26F3NO3. The number of hydrogen-bond donors (Lipinski definition) is 0. The molecule has 4 nitrogen and oxygen atoms in total. The lowest BCUT2D eigenvalue weighted by Gasteiger charge is -2.45. The summed E-state index contributed by atoms with van der Waals surface area (Å²) in [6.45, 7) is 3.76. The van der Waals surface area contributed by atoms with Gasteiger partial charge in [0.15, 0.2) is 5.78 Å². The van der Waals surface area contributed by atoms with Crippen LogP contribution in [0.15, 0.2) is 72.8 Å². The maximum Gasteiger partial charge on any atom is 0.416 e. The number of Topliss-reactive ketones (excluding diaryl/α,β-unsaturated/α-hetero) is 1. The van der Waals surface area contributed by atoms with Crippen LogP contribution in [0.2, 0.25) is 0 Å². The highest BCUT2D eigenvalue weighted by Crippen LogP contribution is 2.55. The van der Waals surface area contributed by atoms with Gasteiger partial charge in [0.25, 0.3) is 0 Å². The zero-order valence-electron chi connectivity index (χ0n) is 20.4. The maximum atomic E-state index is 13.4. The van der Waals surface area contributed by atoms with Crippen molar-refractivity contribution in [3.8, 4) is 5.75 Å². The van der Waals surface area contributed by atoms with E-state index in [4.69, 9.17) is 9.47 Å². The Morgan fingerprint density at radius 2 is 1.75 bits per heavy atom. The second-order valence-electron chi connectivity index (χ2n) is 9.69. The first-order valence-electron chi connectivity index (χ1n) is 11.6. The van der Waals surface area contributed by atoms with Crippen LogP contribution in [0, 0.1) is 0 Å². The molecule has 0 saturated carbocycles. The number of likely N-dealkylation sites (N-methyl/N-ethyl adjacent to an activating group) is 1. The van der Waals surface area contributed by atoms with E-state index in [0.29, 0.717) is 28.1 Å². The van der Waals surface area contributed by atoms with Gasteiger partial charge in [0, 0.05) is 31.0 Å². The van der Waals surface area contributed by atoms with Crippen LogP contribution >= 0.6 is 0 Å². The van der Waals surface area contributed by atoms with E-state index in [9.17, 15) is 18.0 Å². The van der Waals surface area contributed by atoms with Gasteiger partial charge in [-0.3, -0.25) is 4.79 Å². The second kappa shape index (κ2) is 8.23. The summed E-state index contributed by atoms with van der Waals surface area (Å²) in [6, 6.07) is 18.3. The van der Waals surface area contributed by atoms with E-state index in [1.54, 1.807) is 18.2 Å². The zero-order chi connectivity index (χ0) is 25.9. The number of rotatable bonds is 4. The van der Waals surface area contributed by atoms with Crippen molar-refractivity contribution in [2.24, 2.45) is 0 Å². The summed E-state index contributed by atoms with van der Waals surface area (Å²) in [5.74, 6) is 0.372. The van der Waals surface area contributed by atoms with E-state index in [2.05, 4.69) is 0 Å². The Kier molecular flexibility index (Phi) is 5.52. The Morgan fingerprint density at radius 1 is 1.03 bits per heavy atom. The zero-order valence-corrected chi connectivity index (χ0v) is 20.4.